The van der Waals surface area contributed by atoms with Crippen LogP contribution in [0.25, 0.3) is 0 Å². The minimum Gasteiger partial charge on any atom is -0.486 e. The summed E-state index contributed by atoms with van der Waals surface area (Å²) >= 11 is 0. The second-order valence-electron chi connectivity index (χ2n) is 4.15. The lowest BCUT2D eigenvalue weighted by atomic mass is 10.2. The maximum absolute atomic E-state index is 13.4. The van der Waals surface area contributed by atoms with Crippen molar-refractivity contribution in [2.24, 2.45) is 0 Å². The molecule has 0 fully saturated rings. The molecular formula is C14H20FNO. The first-order chi connectivity index (χ1) is 8.13. The second kappa shape index (κ2) is 7.07. The molecule has 0 bridgehead atoms. The fraction of sp³-hybridized carbons (Fsp3) is 0.429. The van der Waals surface area contributed by atoms with Crippen LogP contribution >= 0.6 is 0 Å². The molecule has 0 aliphatic heterocycles. The highest BCUT2D eigenvalue weighted by Gasteiger charge is 2.04. The molecule has 0 atom stereocenters. The van der Waals surface area contributed by atoms with E-state index in [0.29, 0.717) is 18.9 Å². The summed E-state index contributed by atoms with van der Waals surface area (Å²) in [6.07, 6.45) is 1.08. The highest BCUT2D eigenvalue weighted by molar-refractivity contribution is 5.29. The number of rotatable bonds is 7. The maximum Gasteiger partial charge on any atom is 0.165 e. The van der Waals surface area contributed by atoms with Crippen LogP contribution in [-0.2, 0) is 0 Å². The number of nitrogens with one attached hydrogen (secondary N) is 1. The molecule has 0 radical (unpaired) electrons. The molecule has 94 valence electrons. The van der Waals surface area contributed by atoms with Crippen molar-refractivity contribution in [2.45, 2.75) is 20.3 Å². The molecule has 0 saturated carbocycles. The van der Waals surface area contributed by atoms with Crippen molar-refractivity contribution in [3.8, 4) is 5.75 Å². The molecule has 0 aromatic heterocycles. The number of aryl methyl sites for hydroxylation is 1. The Bertz CT molecular complexity index is 376. The van der Waals surface area contributed by atoms with E-state index in [4.69, 9.17) is 4.74 Å². The highest BCUT2D eigenvalue weighted by Crippen LogP contribution is 2.18. The smallest absolute Gasteiger partial charge is 0.165 e. The van der Waals surface area contributed by atoms with Gasteiger partial charge in [0, 0.05) is 6.54 Å². The summed E-state index contributed by atoms with van der Waals surface area (Å²) in [4.78, 5) is 0. The SMILES string of the molecule is C=C(CNCCC)COc1cc(C)ccc1F. The van der Waals surface area contributed by atoms with Gasteiger partial charge in [0.1, 0.15) is 6.61 Å². The lowest BCUT2D eigenvalue weighted by Gasteiger charge is -2.10. The third-order valence-electron chi connectivity index (χ3n) is 2.32. The van der Waals surface area contributed by atoms with Crippen LogP contribution in [0.15, 0.2) is 30.4 Å². The molecule has 3 heteroatoms. The van der Waals surface area contributed by atoms with Gasteiger partial charge in [0.05, 0.1) is 0 Å². The largest absolute Gasteiger partial charge is 0.486 e. The van der Waals surface area contributed by atoms with Crippen molar-refractivity contribution < 1.29 is 9.13 Å². The lowest BCUT2D eigenvalue weighted by Crippen LogP contribution is -2.20. The van der Waals surface area contributed by atoms with Crippen molar-refractivity contribution >= 4 is 0 Å². The average Bonchev–Trinajstić information content (AvgIpc) is 2.31. The normalized spacial score (nSPS) is 10.3. The predicted octanol–water partition coefficient (Wildman–Crippen LogP) is 3.07. The van der Waals surface area contributed by atoms with Gasteiger partial charge in [-0.15, -0.1) is 0 Å². The average molecular weight is 237 g/mol. The molecule has 1 aromatic rings. The van der Waals surface area contributed by atoms with E-state index in [0.717, 1.165) is 24.1 Å². The Labute approximate surface area is 102 Å². The van der Waals surface area contributed by atoms with Crippen molar-refractivity contribution in [2.75, 3.05) is 19.7 Å². The van der Waals surface area contributed by atoms with Gasteiger partial charge in [-0.2, -0.15) is 0 Å². The van der Waals surface area contributed by atoms with E-state index in [2.05, 4.69) is 18.8 Å². The van der Waals surface area contributed by atoms with Gasteiger partial charge in [0.15, 0.2) is 11.6 Å². The van der Waals surface area contributed by atoms with E-state index < -0.39 is 0 Å². The molecule has 0 aliphatic rings. The van der Waals surface area contributed by atoms with E-state index in [9.17, 15) is 4.39 Å². The molecule has 0 heterocycles. The number of ether oxygens (including phenoxy) is 1. The Hall–Kier alpha value is -1.35. The molecule has 17 heavy (non-hydrogen) atoms. The molecule has 1 rings (SSSR count). The second-order valence-corrected chi connectivity index (χ2v) is 4.15. The van der Waals surface area contributed by atoms with E-state index in [1.807, 2.05) is 6.92 Å². The Morgan fingerprint density at radius 2 is 2.24 bits per heavy atom. The summed E-state index contributed by atoms with van der Waals surface area (Å²) in [5.74, 6) is -0.0356. The molecule has 0 amide bonds. The van der Waals surface area contributed by atoms with Gasteiger partial charge in [0.2, 0.25) is 0 Å². The minimum absolute atomic E-state index is 0.293. The quantitative estimate of drug-likeness (QED) is 0.581. The number of halogens is 1. The van der Waals surface area contributed by atoms with Crippen molar-refractivity contribution in [3.05, 3.63) is 41.7 Å². The van der Waals surface area contributed by atoms with Crippen LogP contribution in [0.2, 0.25) is 0 Å². The van der Waals surface area contributed by atoms with Gasteiger partial charge in [-0.3, -0.25) is 0 Å². The number of benzene rings is 1. The summed E-state index contributed by atoms with van der Waals surface area (Å²) in [6, 6.07) is 4.84. The topological polar surface area (TPSA) is 21.3 Å². The fourth-order valence-corrected chi connectivity index (χ4v) is 1.39. The van der Waals surface area contributed by atoms with Crippen LogP contribution < -0.4 is 10.1 Å². The summed E-state index contributed by atoms with van der Waals surface area (Å²) in [5.41, 5.74) is 1.90. The van der Waals surface area contributed by atoms with Crippen LogP contribution in [0.3, 0.4) is 0 Å². The Morgan fingerprint density at radius 3 is 2.94 bits per heavy atom. The van der Waals surface area contributed by atoms with Gasteiger partial charge in [-0.1, -0.05) is 19.6 Å². The molecule has 2 nitrogen and oxygen atoms in total. The highest BCUT2D eigenvalue weighted by atomic mass is 19.1. The van der Waals surface area contributed by atoms with Gasteiger partial charge in [-0.25, -0.2) is 4.39 Å². The first-order valence-corrected chi connectivity index (χ1v) is 5.89. The third-order valence-corrected chi connectivity index (χ3v) is 2.32. The zero-order chi connectivity index (χ0) is 12.7. The zero-order valence-electron chi connectivity index (χ0n) is 10.6. The van der Waals surface area contributed by atoms with E-state index in [1.54, 1.807) is 12.1 Å². The molecule has 0 spiro atoms. The summed E-state index contributed by atoms with van der Waals surface area (Å²) in [7, 11) is 0. The van der Waals surface area contributed by atoms with Crippen LogP contribution in [0.4, 0.5) is 4.39 Å². The Balaban J connectivity index is 2.39. The van der Waals surface area contributed by atoms with Crippen LogP contribution in [0, 0.1) is 12.7 Å². The van der Waals surface area contributed by atoms with Crippen LogP contribution in [-0.4, -0.2) is 19.7 Å². The van der Waals surface area contributed by atoms with Crippen molar-refractivity contribution in [1.82, 2.24) is 5.32 Å². The monoisotopic (exact) mass is 237 g/mol. The zero-order valence-corrected chi connectivity index (χ0v) is 10.6. The lowest BCUT2D eigenvalue weighted by molar-refractivity contribution is 0.329. The maximum atomic E-state index is 13.4. The fourth-order valence-electron chi connectivity index (χ4n) is 1.39. The first-order valence-electron chi connectivity index (χ1n) is 5.89. The van der Waals surface area contributed by atoms with Gasteiger partial charge in [0.25, 0.3) is 0 Å². The van der Waals surface area contributed by atoms with Crippen molar-refractivity contribution in [3.63, 3.8) is 0 Å². The predicted molar refractivity (Wildman–Crippen MR) is 68.9 cm³/mol. The van der Waals surface area contributed by atoms with Gasteiger partial charge in [-0.05, 0) is 43.2 Å². The molecule has 0 unspecified atom stereocenters. The number of hydrogen-bond donors (Lipinski definition) is 1. The Kier molecular flexibility index (Phi) is 5.70. The molecule has 1 N–H and O–H groups in total. The standard InChI is InChI=1S/C14H20FNO/c1-4-7-16-9-12(3)10-17-14-8-11(2)5-6-13(14)15/h5-6,8,16H,3-4,7,9-10H2,1-2H3. The van der Waals surface area contributed by atoms with Crippen LogP contribution in [0.5, 0.6) is 5.75 Å². The summed E-state index contributed by atoms with van der Waals surface area (Å²) < 4.78 is 18.8. The molecule has 1 aromatic carbocycles. The van der Waals surface area contributed by atoms with Gasteiger partial charge < -0.3 is 10.1 Å². The number of hydrogen-bond acceptors (Lipinski definition) is 2. The minimum atomic E-state index is -0.329. The van der Waals surface area contributed by atoms with Gasteiger partial charge >= 0.3 is 0 Å². The summed E-state index contributed by atoms with van der Waals surface area (Å²) in [6.45, 7) is 9.91. The Morgan fingerprint density at radius 1 is 1.47 bits per heavy atom. The van der Waals surface area contributed by atoms with E-state index >= 15 is 0 Å². The third kappa shape index (κ3) is 5.00. The van der Waals surface area contributed by atoms with Crippen molar-refractivity contribution in [1.29, 1.82) is 0 Å². The van der Waals surface area contributed by atoms with E-state index in [1.165, 1.54) is 6.07 Å². The van der Waals surface area contributed by atoms with Crippen LogP contribution in [0.1, 0.15) is 18.9 Å². The summed E-state index contributed by atoms with van der Waals surface area (Å²) in [5, 5.41) is 3.22. The molecule has 0 saturated heterocycles. The first kappa shape index (κ1) is 13.7. The van der Waals surface area contributed by atoms with E-state index in [-0.39, 0.29) is 5.82 Å². The molecular weight excluding hydrogens is 217 g/mol. The molecule has 0 aliphatic carbocycles.